The van der Waals surface area contributed by atoms with Crippen molar-refractivity contribution >= 4 is 17.7 Å². The Bertz CT molecular complexity index is 801. The standard InChI is InChI=1S/C17H19F3N4O3/c1-3-9-21-16(26)23-11-5-7-12(8-6-11)24-14(17(18,19)20)13(10-22-24)15(25)27-4-2/h5-8,10H,3-4,9H2,1-2H3,(H2,21,23,26). The highest BCUT2D eigenvalue weighted by Gasteiger charge is 2.41. The van der Waals surface area contributed by atoms with Gasteiger partial charge in [-0.25, -0.2) is 14.3 Å². The van der Waals surface area contributed by atoms with E-state index in [4.69, 9.17) is 0 Å². The van der Waals surface area contributed by atoms with Gasteiger partial charge in [0, 0.05) is 12.2 Å². The number of rotatable bonds is 6. The summed E-state index contributed by atoms with van der Waals surface area (Å²) in [6.45, 7) is 3.85. The Morgan fingerprint density at radius 2 is 1.85 bits per heavy atom. The molecule has 2 aromatic rings. The van der Waals surface area contributed by atoms with E-state index in [-0.39, 0.29) is 12.3 Å². The molecular formula is C17H19F3N4O3. The van der Waals surface area contributed by atoms with E-state index in [1.165, 1.54) is 31.2 Å². The van der Waals surface area contributed by atoms with Gasteiger partial charge in [-0.1, -0.05) is 6.92 Å². The number of hydrogen-bond acceptors (Lipinski definition) is 4. The molecule has 7 nitrogen and oxygen atoms in total. The van der Waals surface area contributed by atoms with Crippen LogP contribution in [0, 0.1) is 0 Å². The molecule has 0 saturated heterocycles. The molecule has 10 heteroatoms. The number of esters is 1. The molecule has 27 heavy (non-hydrogen) atoms. The van der Waals surface area contributed by atoms with E-state index in [0.29, 0.717) is 16.9 Å². The molecule has 0 radical (unpaired) electrons. The van der Waals surface area contributed by atoms with Gasteiger partial charge in [-0.3, -0.25) is 0 Å². The number of urea groups is 1. The van der Waals surface area contributed by atoms with E-state index in [9.17, 15) is 22.8 Å². The number of hydrogen-bond donors (Lipinski definition) is 2. The van der Waals surface area contributed by atoms with Gasteiger partial charge in [-0.05, 0) is 37.6 Å². The number of benzene rings is 1. The first-order valence-corrected chi connectivity index (χ1v) is 8.25. The number of amides is 2. The van der Waals surface area contributed by atoms with Crippen LogP contribution in [0.1, 0.15) is 36.3 Å². The third-order valence-corrected chi connectivity index (χ3v) is 3.44. The Hall–Kier alpha value is -3.04. The maximum Gasteiger partial charge on any atom is 0.434 e. The molecule has 0 bridgehead atoms. The summed E-state index contributed by atoms with van der Waals surface area (Å²) in [6.07, 6.45) is -3.21. The van der Waals surface area contributed by atoms with Crippen LogP contribution < -0.4 is 10.6 Å². The highest BCUT2D eigenvalue weighted by Crippen LogP contribution is 2.34. The van der Waals surface area contributed by atoms with Crippen molar-refractivity contribution in [2.45, 2.75) is 26.4 Å². The summed E-state index contributed by atoms with van der Waals surface area (Å²) in [4.78, 5) is 23.4. The Morgan fingerprint density at radius 1 is 1.19 bits per heavy atom. The molecule has 1 aromatic carbocycles. The summed E-state index contributed by atoms with van der Waals surface area (Å²) in [7, 11) is 0. The molecule has 0 unspecified atom stereocenters. The van der Waals surface area contributed by atoms with Gasteiger partial charge in [0.25, 0.3) is 0 Å². The normalized spacial score (nSPS) is 11.1. The third kappa shape index (κ3) is 4.99. The molecule has 0 fully saturated rings. The molecule has 1 aromatic heterocycles. The molecule has 0 aliphatic carbocycles. The van der Waals surface area contributed by atoms with Crippen LogP contribution in [0.4, 0.5) is 23.7 Å². The minimum absolute atomic E-state index is 0.0538. The smallest absolute Gasteiger partial charge is 0.434 e. The van der Waals surface area contributed by atoms with Crippen molar-refractivity contribution in [3.05, 3.63) is 41.7 Å². The molecule has 0 saturated carbocycles. The second-order valence-electron chi connectivity index (χ2n) is 5.46. The van der Waals surface area contributed by atoms with Gasteiger partial charge < -0.3 is 15.4 Å². The van der Waals surface area contributed by atoms with Crippen molar-refractivity contribution in [2.75, 3.05) is 18.5 Å². The average Bonchev–Trinajstić information content (AvgIpc) is 3.06. The zero-order valence-electron chi connectivity index (χ0n) is 14.8. The number of alkyl halides is 3. The van der Waals surface area contributed by atoms with Gasteiger partial charge in [0.15, 0.2) is 5.69 Å². The fraction of sp³-hybridized carbons (Fsp3) is 0.353. The predicted octanol–water partition coefficient (Wildman–Crippen LogP) is 3.60. The molecule has 146 valence electrons. The van der Waals surface area contributed by atoms with E-state index in [1.54, 1.807) is 0 Å². The second kappa shape index (κ2) is 8.56. The van der Waals surface area contributed by atoms with Gasteiger partial charge in [-0.2, -0.15) is 18.3 Å². The van der Waals surface area contributed by atoms with Crippen molar-refractivity contribution in [3.8, 4) is 5.69 Å². The lowest BCUT2D eigenvalue weighted by Gasteiger charge is -2.13. The van der Waals surface area contributed by atoms with E-state index < -0.39 is 29.4 Å². The SMILES string of the molecule is CCCNC(=O)Nc1ccc(-n2ncc(C(=O)OCC)c2C(F)(F)F)cc1. The molecule has 2 amide bonds. The average molecular weight is 384 g/mol. The first-order chi connectivity index (χ1) is 12.8. The lowest BCUT2D eigenvalue weighted by molar-refractivity contribution is -0.143. The third-order valence-electron chi connectivity index (χ3n) is 3.44. The van der Waals surface area contributed by atoms with E-state index in [1.807, 2.05) is 6.92 Å². The summed E-state index contributed by atoms with van der Waals surface area (Å²) >= 11 is 0. The largest absolute Gasteiger partial charge is 0.462 e. The monoisotopic (exact) mass is 384 g/mol. The lowest BCUT2D eigenvalue weighted by atomic mass is 10.2. The maximum absolute atomic E-state index is 13.5. The first kappa shape index (κ1) is 20.3. The van der Waals surface area contributed by atoms with Crippen molar-refractivity contribution in [3.63, 3.8) is 0 Å². The van der Waals surface area contributed by atoms with Crippen molar-refractivity contribution in [1.29, 1.82) is 0 Å². The van der Waals surface area contributed by atoms with E-state index in [2.05, 4.69) is 20.5 Å². The van der Waals surface area contributed by atoms with Crippen LogP contribution in [-0.4, -0.2) is 34.9 Å². The van der Waals surface area contributed by atoms with Crippen LogP contribution in [0.3, 0.4) is 0 Å². The van der Waals surface area contributed by atoms with Crippen LogP contribution in [0.25, 0.3) is 5.69 Å². The highest BCUT2D eigenvalue weighted by atomic mass is 19.4. The molecule has 0 aliphatic heterocycles. The summed E-state index contributed by atoms with van der Waals surface area (Å²) in [5.74, 6) is -1.10. The maximum atomic E-state index is 13.5. The van der Waals surface area contributed by atoms with Crippen LogP contribution in [-0.2, 0) is 10.9 Å². The van der Waals surface area contributed by atoms with E-state index >= 15 is 0 Å². The first-order valence-electron chi connectivity index (χ1n) is 8.25. The molecule has 0 atom stereocenters. The minimum Gasteiger partial charge on any atom is -0.462 e. The molecule has 0 aliphatic rings. The topological polar surface area (TPSA) is 85.3 Å². The Balaban J connectivity index is 2.30. The van der Waals surface area contributed by atoms with Gasteiger partial charge in [0.05, 0.1) is 18.5 Å². The Labute approximate surface area is 153 Å². The van der Waals surface area contributed by atoms with Crippen molar-refractivity contribution in [1.82, 2.24) is 15.1 Å². The second-order valence-corrected chi connectivity index (χ2v) is 5.46. The molecule has 2 rings (SSSR count). The summed E-state index contributed by atoms with van der Waals surface area (Å²) in [6, 6.07) is 5.17. The summed E-state index contributed by atoms with van der Waals surface area (Å²) in [5.41, 5.74) is -1.40. The number of carbonyl (C=O) groups excluding carboxylic acids is 2. The lowest BCUT2D eigenvalue weighted by Crippen LogP contribution is -2.29. The van der Waals surface area contributed by atoms with Gasteiger partial charge in [-0.15, -0.1) is 0 Å². The van der Waals surface area contributed by atoms with E-state index in [0.717, 1.165) is 12.6 Å². The van der Waals surface area contributed by atoms with Crippen molar-refractivity contribution in [2.24, 2.45) is 0 Å². The van der Waals surface area contributed by atoms with Crippen LogP contribution >= 0.6 is 0 Å². The summed E-state index contributed by atoms with van der Waals surface area (Å²) in [5, 5.41) is 8.86. The fourth-order valence-corrected chi connectivity index (χ4v) is 2.27. The van der Waals surface area contributed by atoms with Gasteiger partial charge in [0.2, 0.25) is 0 Å². The quantitative estimate of drug-likeness (QED) is 0.746. The number of aromatic nitrogens is 2. The molecule has 2 N–H and O–H groups in total. The number of anilines is 1. The number of ether oxygens (including phenoxy) is 1. The molecule has 1 heterocycles. The van der Waals surface area contributed by atoms with Crippen LogP contribution in [0.15, 0.2) is 30.5 Å². The predicted molar refractivity (Wildman–Crippen MR) is 91.8 cm³/mol. The van der Waals surface area contributed by atoms with Crippen LogP contribution in [0.2, 0.25) is 0 Å². The van der Waals surface area contributed by atoms with Crippen molar-refractivity contribution < 1.29 is 27.5 Å². The minimum atomic E-state index is -4.81. The molecule has 0 spiro atoms. The number of nitrogens with one attached hydrogen (secondary N) is 2. The number of nitrogens with zero attached hydrogens (tertiary/aromatic N) is 2. The molecular weight excluding hydrogens is 365 g/mol. The zero-order valence-corrected chi connectivity index (χ0v) is 14.8. The number of carbonyl (C=O) groups is 2. The highest BCUT2D eigenvalue weighted by molar-refractivity contribution is 5.91. The van der Waals surface area contributed by atoms with Gasteiger partial charge in [0.1, 0.15) is 5.56 Å². The Kier molecular flexibility index (Phi) is 6.43. The van der Waals surface area contributed by atoms with Gasteiger partial charge >= 0.3 is 18.2 Å². The van der Waals surface area contributed by atoms with Crippen LogP contribution in [0.5, 0.6) is 0 Å². The summed E-state index contributed by atoms with van der Waals surface area (Å²) < 4.78 is 45.7. The fourth-order valence-electron chi connectivity index (χ4n) is 2.27. The Morgan fingerprint density at radius 3 is 2.41 bits per heavy atom. The number of halogens is 3. The zero-order chi connectivity index (χ0) is 20.0.